The van der Waals surface area contributed by atoms with Crippen LogP contribution < -0.4 is 21.1 Å². The van der Waals surface area contributed by atoms with Crippen molar-refractivity contribution in [3.05, 3.63) is 99.0 Å². The van der Waals surface area contributed by atoms with Crippen LogP contribution in [0.2, 0.25) is 5.02 Å². The predicted molar refractivity (Wildman–Crippen MR) is 164 cm³/mol. The third kappa shape index (κ3) is 5.11. The van der Waals surface area contributed by atoms with Crippen molar-refractivity contribution in [3.8, 4) is 16.9 Å². The largest absolute Gasteiger partial charge is 0.495 e. The van der Waals surface area contributed by atoms with Gasteiger partial charge in [-0.25, -0.2) is 4.98 Å². The molecule has 0 unspecified atom stereocenters. The van der Waals surface area contributed by atoms with Crippen molar-refractivity contribution in [1.29, 1.82) is 0 Å². The lowest BCUT2D eigenvalue weighted by molar-refractivity contribution is 0.102. The van der Waals surface area contributed by atoms with Crippen molar-refractivity contribution in [1.82, 2.24) is 4.98 Å². The Hall–Kier alpha value is -4.40. The lowest BCUT2D eigenvalue weighted by Gasteiger charge is -2.16. The lowest BCUT2D eigenvalue weighted by atomic mass is 9.94. The van der Waals surface area contributed by atoms with E-state index in [0.717, 1.165) is 16.7 Å². The van der Waals surface area contributed by atoms with Gasteiger partial charge in [0.05, 0.1) is 29.7 Å². The number of amides is 2. The molecule has 5 aromatic rings. The molecule has 0 atom stereocenters. The van der Waals surface area contributed by atoms with Crippen LogP contribution in [0.25, 0.3) is 21.3 Å². The molecule has 0 saturated carbocycles. The third-order valence-electron chi connectivity index (χ3n) is 6.61. The highest BCUT2D eigenvalue weighted by Crippen LogP contribution is 2.43. The number of ether oxygens (including phenoxy) is 1. The number of hydrogen-bond acceptors (Lipinski definition) is 6. The SMILES string of the molecule is COc1ccccc1NC(=O)c1sc2nc(C)c(C(=O)Nc3ccc(C)cc3C)c(-c3ccc(Cl)cc3)c2c1N. The number of aryl methyl sites for hydroxylation is 3. The van der Waals surface area contributed by atoms with Gasteiger partial charge in [-0.05, 0) is 62.2 Å². The number of benzene rings is 3. The Morgan fingerprint density at radius 3 is 2.33 bits per heavy atom. The first-order valence-electron chi connectivity index (χ1n) is 12.5. The molecule has 2 amide bonds. The molecule has 0 spiro atoms. The molecule has 5 rings (SSSR count). The molecule has 2 aromatic heterocycles. The Morgan fingerprint density at radius 1 is 0.925 bits per heavy atom. The molecule has 0 aliphatic carbocycles. The smallest absolute Gasteiger partial charge is 0.268 e. The second kappa shape index (κ2) is 11.0. The van der Waals surface area contributed by atoms with E-state index in [1.54, 1.807) is 37.3 Å². The lowest BCUT2D eigenvalue weighted by Crippen LogP contribution is -2.17. The third-order valence-corrected chi connectivity index (χ3v) is 7.96. The molecular weight excluding hydrogens is 544 g/mol. The molecule has 4 N–H and O–H groups in total. The summed E-state index contributed by atoms with van der Waals surface area (Å²) in [4.78, 5) is 32.8. The fourth-order valence-corrected chi connectivity index (χ4v) is 5.85. The minimum atomic E-state index is -0.397. The minimum Gasteiger partial charge on any atom is -0.495 e. The number of nitrogen functional groups attached to an aromatic ring is 1. The number of halogens is 1. The van der Waals surface area contributed by atoms with Crippen LogP contribution in [0.3, 0.4) is 0 Å². The molecule has 0 bridgehead atoms. The van der Waals surface area contributed by atoms with Gasteiger partial charge < -0.3 is 21.1 Å². The number of rotatable bonds is 6. The molecule has 0 aliphatic heterocycles. The number of nitrogens with two attached hydrogens (primary N) is 1. The normalized spacial score (nSPS) is 10.9. The molecule has 3 aromatic carbocycles. The number of carbonyl (C=O) groups excluding carboxylic acids is 2. The molecule has 9 heteroatoms. The van der Waals surface area contributed by atoms with Crippen LogP contribution in [0.1, 0.15) is 36.9 Å². The van der Waals surface area contributed by atoms with Crippen LogP contribution in [-0.4, -0.2) is 23.9 Å². The number of anilines is 3. The van der Waals surface area contributed by atoms with Gasteiger partial charge in [-0.3, -0.25) is 9.59 Å². The molecule has 7 nitrogen and oxygen atoms in total. The zero-order chi connectivity index (χ0) is 28.6. The van der Waals surface area contributed by atoms with E-state index in [9.17, 15) is 9.59 Å². The fraction of sp³-hybridized carbons (Fsp3) is 0.129. The van der Waals surface area contributed by atoms with Crippen molar-refractivity contribution in [2.24, 2.45) is 0 Å². The van der Waals surface area contributed by atoms with Gasteiger partial charge in [-0.1, -0.05) is 53.6 Å². The summed E-state index contributed by atoms with van der Waals surface area (Å²) in [5.41, 5.74) is 12.4. The number of aromatic nitrogens is 1. The molecule has 0 aliphatic rings. The Labute approximate surface area is 241 Å². The quantitative estimate of drug-likeness (QED) is 0.194. The molecule has 0 saturated heterocycles. The fourth-order valence-electron chi connectivity index (χ4n) is 4.68. The molecular formula is C31H27ClN4O3S. The van der Waals surface area contributed by atoms with Crippen LogP contribution >= 0.6 is 22.9 Å². The highest BCUT2D eigenvalue weighted by atomic mass is 35.5. The maximum atomic E-state index is 13.8. The Balaban J connectivity index is 1.67. The molecule has 2 heterocycles. The number of hydrogen-bond donors (Lipinski definition) is 3. The van der Waals surface area contributed by atoms with E-state index in [4.69, 9.17) is 27.1 Å². The van der Waals surface area contributed by atoms with Crippen molar-refractivity contribution < 1.29 is 14.3 Å². The number of nitrogens with zero attached hydrogens (tertiary/aromatic N) is 1. The monoisotopic (exact) mass is 570 g/mol. The van der Waals surface area contributed by atoms with Crippen molar-refractivity contribution in [2.45, 2.75) is 20.8 Å². The summed E-state index contributed by atoms with van der Waals surface area (Å²) >= 11 is 7.36. The van der Waals surface area contributed by atoms with Gasteiger partial charge in [0.15, 0.2) is 0 Å². The van der Waals surface area contributed by atoms with Crippen LogP contribution in [0.5, 0.6) is 5.75 Å². The van der Waals surface area contributed by atoms with Crippen LogP contribution in [-0.2, 0) is 0 Å². The van der Waals surface area contributed by atoms with Crippen LogP contribution in [0.4, 0.5) is 17.1 Å². The number of fused-ring (bicyclic) bond motifs is 1. The second-order valence-electron chi connectivity index (χ2n) is 9.41. The summed E-state index contributed by atoms with van der Waals surface area (Å²) in [5.74, 6) is -0.197. The maximum absolute atomic E-state index is 13.8. The Bertz CT molecular complexity index is 1780. The van der Waals surface area contributed by atoms with E-state index in [0.29, 0.717) is 49.2 Å². The standard InChI is InChI=1S/C31H27ClN4O3S/c1-16-9-14-21(17(2)15-16)35-29(37)24-18(3)34-31-26(25(24)19-10-12-20(32)13-11-19)27(33)28(40-31)30(38)36-22-7-5-6-8-23(22)39-4/h5-15H,33H2,1-4H3,(H,35,37)(H,36,38). The summed E-state index contributed by atoms with van der Waals surface area (Å²) in [7, 11) is 1.54. The number of carbonyl (C=O) groups is 2. The van der Waals surface area contributed by atoms with E-state index in [1.807, 2.05) is 50.2 Å². The van der Waals surface area contributed by atoms with Gasteiger partial charge in [0, 0.05) is 21.7 Å². The summed E-state index contributed by atoms with van der Waals surface area (Å²) in [6.07, 6.45) is 0. The topological polar surface area (TPSA) is 106 Å². The van der Waals surface area contributed by atoms with E-state index in [-0.39, 0.29) is 16.5 Å². The summed E-state index contributed by atoms with van der Waals surface area (Å²) < 4.78 is 5.37. The average Bonchev–Trinajstić information content (AvgIpc) is 3.26. The van der Waals surface area contributed by atoms with Gasteiger partial charge >= 0.3 is 0 Å². The van der Waals surface area contributed by atoms with Crippen molar-refractivity contribution in [3.63, 3.8) is 0 Å². The molecule has 0 fully saturated rings. The van der Waals surface area contributed by atoms with Gasteiger partial charge in [-0.2, -0.15) is 0 Å². The van der Waals surface area contributed by atoms with Crippen molar-refractivity contribution in [2.75, 3.05) is 23.5 Å². The number of methoxy groups -OCH3 is 1. The van der Waals surface area contributed by atoms with Gasteiger partial charge in [0.2, 0.25) is 0 Å². The molecule has 40 heavy (non-hydrogen) atoms. The number of nitrogens with one attached hydrogen (secondary N) is 2. The van der Waals surface area contributed by atoms with Gasteiger partial charge in [0.25, 0.3) is 11.8 Å². The molecule has 202 valence electrons. The minimum absolute atomic E-state index is 0.241. The second-order valence-corrected chi connectivity index (χ2v) is 10.8. The summed E-state index contributed by atoms with van der Waals surface area (Å²) in [5, 5.41) is 7.02. The predicted octanol–water partition coefficient (Wildman–Crippen LogP) is 7.64. The van der Waals surface area contributed by atoms with Crippen LogP contribution in [0, 0.1) is 20.8 Å². The van der Waals surface area contributed by atoms with Gasteiger partial charge in [-0.15, -0.1) is 11.3 Å². The first kappa shape index (κ1) is 27.2. The first-order valence-corrected chi connectivity index (χ1v) is 13.7. The first-order chi connectivity index (χ1) is 19.2. The van der Waals surface area contributed by atoms with E-state index in [2.05, 4.69) is 10.6 Å². The van der Waals surface area contributed by atoms with E-state index >= 15 is 0 Å². The number of thiophene rings is 1. The highest BCUT2D eigenvalue weighted by Gasteiger charge is 2.27. The van der Waals surface area contributed by atoms with Crippen molar-refractivity contribution >= 4 is 62.0 Å². The zero-order valence-corrected chi connectivity index (χ0v) is 24.0. The van der Waals surface area contributed by atoms with Crippen LogP contribution in [0.15, 0.2) is 66.7 Å². The maximum Gasteiger partial charge on any atom is 0.268 e. The van der Waals surface area contributed by atoms with E-state index < -0.39 is 5.91 Å². The van der Waals surface area contributed by atoms with Gasteiger partial charge in [0.1, 0.15) is 15.5 Å². The summed E-state index contributed by atoms with van der Waals surface area (Å²) in [6.45, 7) is 5.72. The number of para-hydroxylation sites is 2. The van der Waals surface area contributed by atoms with E-state index in [1.165, 1.54) is 18.4 Å². The zero-order valence-electron chi connectivity index (χ0n) is 22.4. The Morgan fingerprint density at radius 2 is 1.62 bits per heavy atom. The molecule has 0 radical (unpaired) electrons. The number of pyridine rings is 1. The Kier molecular flexibility index (Phi) is 7.47. The highest BCUT2D eigenvalue weighted by molar-refractivity contribution is 7.21. The average molecular weight is 571 g/mol. The summed E-state index contributed by atoms with van der Waals surface area (Å²) in [6, 6.07) is 20.1.